The number of hydrogen-bond acceptors (Lipinski definition) is 7. The number of methoxy groups -OCH3 is 2. The van der Waals surface area contributed by atoms with E-state index in [0.29, 0.717) is 17.2 Å². The number of rotatable bonds is 5. The van der Waals surface area contributed by atoms with Gasteiger partial charge in [0.1, 0.15) is 17.2 Å². The number of benzene rings is 1. The first-order chi connectivity index (χ1) is 10.1. The lowest BCUT2D eigenvalue weighted by Crippen LogP contribution is -2.10. The van der Waals surface area contributed by atoms with Crippen molar-refractivity contribution < 1.29 is 19.0 Å². The molecule has 112 valence electrons. The Bertz CT molecular complexity index is 654. The molecule has 0 atom stereocenters. The minimum Gasteiger partial charge on any atom is -0.497 e. The summed E-state index contributed by atoms with van der Waals surface area (Å²) < 4.78 is 16.6. The summed E-state index contributed by atoms with van der Waals surface area (Å²) in [5.41, 5.74) is 6.42. The van der Waals surface area contributed by atoms with E-state index in [1.807, 2.05) is 0 Å². The predicted octanol–water partition coefficient (Wildman–Crippen LogP) is 1.04. The fraction of sp³-hybridized carbons (Fsp3) is 0.308. The maximum Gasteiger partial charge on any atom is 0.362 e. The van der Waals surface area contributed by atoms with Crippen molar-refractivity contribution in [1.82, 2.24) is 15.0 Å². The van der Waals surface area contributed by atoms with Gasteiger partial charge in [0, 0.05) is 6.07 Å². The number of nitrogens with two attached hydrogens (primary N) is 1. The highest BCUT2D eigenvalue weighted by Gasteiger charge is 2.21. The van der Waals surface area contributed by atoms with Crippen LogP contribution >= 0.6 is 0 Å². The van der Waals surface area contributed by atoms with Gasteiger partial charge in [-0.2, -0.15) is 4.68 Å². The third-order valence-corrected chi connectivity index (χ3v) is 2.79. The van der Waals surface area contributed by atoms with Crippen molar-refractivity contribution in [3.05, 3.63) is 23.9 Å². The van der Waals surface area contributed by atoms with Gasteiger partial charge in [-0.1, -0.05) is 5.21 Å². The van der Waals surface area contributed by atoms with Crippen molar-refractivity contribution >= 4 is 11.8 Å². The van der Waals surface area contributed by atoms with Gasteiger partial charge in [-0.05, 0) is 19.1 Å². The molecule has 0 unspecified atom stereocenters. The van der Waals surface area contributed by atoms with Crippen LogP contribution in [0.1, 0.15) is 17.4 Å². The Morgan fingerprint density at radius 1 is 1.33 bits per heavy atom. The number of hydrogen-bond donors (Lipinski definition) is 1. The summed E-state index contributed by atoms with van der Waals surface area (Å²) >= 11 is 0. The highest BCUT2D eigenvalue weighted by atomic mass is 16.5. The first-order valence-corrected chi connectivity index (χ1v) is 6.23. The maximum atomic E-state index is 11.7. The molecule has 0 fully saturated rings. The fourth-order valence-corrected chi connectivity index (χ4v) is 1.77. The molecule has 0 aliphatic heterocycles. The number of anilines is 1. The lowest BCUT2D eigenvalue weighted by Gasteiger charge is -2.10. The maximum absolute atomic E-state index is 11.7. The zero-order valence-electron chi connectivity index (χ0n) is 12.0. The van der Waals surface area contributed by atoms with Crippen molar-refractivity contribution in [2.75, 3.05) is 26.6 Å². The van der Waals surface area contributed by atoms with Gasteiger partial charge in [0.15, 0.2) is 5.82 Å². The van der Waals surface area contributed by atoms with Crippen LogP contribution in [-0.4, -0.2) is 41.8 Å². The normalized spacial score (nSPS) is 10.2. The molecule has 0 saturated heterocycles. The van der Waals surface area contributed by atoms with Crippen LogP contribution in [0.4, 0.5) is 5.82 Å². The average molecular weight is 292 g/mol. The quantitative estimate of drug-likeness (QED) is 0.821. The highest BCUT2D eigenvalue weighted by molar-refractivity contribution is 5.92. The van der Waals surface area contributed by atoms with E-state index in [1.165, 1.54) is 11.8 Å². The number of aromatic nitrogens is 3. The second-order valence-corrected chi connectivity index (χ2v) is 3.99. The van der Waals surface area contributed by atoms with E-state index in [2.05, 4.69) is 10.3 Å². The monoisotopic (exact) mass is 292 g/mol. The molecule has 8 heteroatoms. The van der Waals surface area contributed by atoms with E-state index in [1.54, 1.807) is 32.2 Å². The van der Waals surface area contributed by atoms with Crippen LogP contribution in [0.2, 0.25) is 0 Å². The molecule has 2 rings (SSSR count). The van der Waals surface area contributed by atoms with Crippen LogP contribution < -0.4 is 15.2 Å². The van der Waals surface area contributed by atoms with Crippen LogP contribution in [0.25, 0.3) is 5.69 Å². The van der Waals surface area contributed by atoms with Crippen LogP contribution in [0.3, 0.4) is 0 Å². The molecule has 1 heterocycles. The van der Waals surface area contributed by atoms with Gasteiger partial charge in [-0.3, -0.25) is 0 Å². The Morgan fingerprint density at radius 3 is 2.71 bits per heavy atom. The first kappa shape index (κ1) is 14.6. The van der Waals surface area contributed by atoms with Gasteiger partial charge in [0.05, 0.1) is 20.8 Å². The molecule has 8 nitrogen and oxygen atoms in total. The van der Waals surface area contributed by atoms with Crippen LogP contribution in [-0.2, 0) is 4.74 Å². The second-order valence-electron chi connectivity index (χ2n) is 3.99. The minimum absolute atomic E-state index is 0.0327. The number of esters is 1. The number of carbonyl (C=O) groups is 1. The molecule has 0 saturated carbocycles. The van der Waals surface area contributed by atoms with E-state index in [9.17, 15) is 4.79 Å². The fourth-order valence-electron chi connectivity index (χ4n) is 1.77. The van der Waals surface area contributed by atoms with Crippen molar-refractivity contribution in [1.29, 1.82) is 0 Å². The smallest absolute Gasteiger partial charge is 0.362 e. The van der Waals surface area contributed by atoms with Gasteiger partial charge >= 0.3 is 5.97 Å². The molecule has 0 bridgehead atoms. The molecule has 21 heavy (non-hydrogen) atoms. The Hall–Kier alpha value is -2.77. The third-order valence-electron chi connectivity index (χ3n) is 2.79. The number of ether oxygens (including phenoxy) is 3. The summed E-state index contributed by atoms with van der Waals surface area (Å²) in [6.07, 6.45) is 0. The van der Waals surface area contributed by atoms with E-state index < -0.39 is 5.97 Å². The molecule has 2 N–H and O–H groups in total. The van der Waals surface area contributed by atoms with Gasteiger partial charge in [0.2, 0.25) is 5.69 Å². The predicted molar refractivity (Wildman–Crippen MR) is 74.8 cm³/mol. The molecule has 0 radical (unpaired) electrons. The average Bonchev–Trinajstić information content (AvgIpc) is 2.88. The van der Waals surface area contributed by atoms with Crippen molar-refractivity contribution in [2.45, 2.75) is 6.92 Å². The van der Waals surface area contributed by atoms with Gasteiger partial charge in [0.25, 0.3) is 0 Å². The second kappa shape index (κ2) is 6.12. The summed E-state index contributed by atoms with van der Waals surface area (Å²) in [4.78, 5) is 11.7. The van der Waals surface area contributed by atoms with E-state index in [-0.39, 0.29) is 18.1 Å². The zero-order chi connectivity index (χ0) is 15.4. The first-order valence-electron chi connectivity index (χ1n) is 6.23. The standard InChI is InChI=1S/C13H16N4O4/c1-4-21-13(18)11-12(14)17(16-15-11)9-6-5-8(19-2)7-10(9)20-3/h5-7H,4,14H2,1-3H3. The van der Waals surface area contributed by atoms with Gasteiger partial charge in [-0.25, -0.2) is 4.79 Å². The molecular formula is C13H16N4O4. The minimum atomic E-state index is -0.617. The Morgan fingerprint density at radius 2 is 2.10 bits per heavy atom. The van der Waals surface area contributed by atoms with Gasteiger partial charge in [-0.15, -0.1) is 5.10 Å². The van der Waals surface area contributed by atoms with Crippen LogP contribution in [0.15, 0.2) is 18.2 Å². The topological polar surface area (TPSA) is 101 Å². The van der Waals surface area contributed by atoms with Crippen molar-refractivity contribution in [2.24, 2.45) is 0 Å². The third kappa shape index (κ3) is 2.73. The van der Waals surface area contributed by atoms with Gasteiger partial charge < -0.3 is 19.9 Å². The summed E-state index contributed by atoms with van der Waals surface area (Å²) in [6, 6.07) is 5.11. The van der Waals surface area contributed by atoms with E-state index in [0.717, 1.165) is 0 Å². The molecule has 1 aromatic carbocycles. The SMILES string of the molecule is CCOC(=O)c1nnn(-c2ccc(OC)cc2OC)c1N. The number of nitrogens with zero attached hydrogens (tertiary/aromatic N) is 3. The largest absolute Gasteiger partial charge is 0.497 e. The Kier molecular flexibility index (Phi) is 4.27. The Balaban J connectivity index is 2.46. The van der Waals surface area contributed by atoms with E-state index >= 15 is 0 Å². The molecule has 1 aromatic heterocycles. The van der Waals surface area contributed by atoms with Crippen molar-refractivity contribution in [3.8, 4) is 17.2 Å². The summed E-state index contributed by atoms with van der Waals surface area (Å²) in [7, 11) is 3.06. The zero-order valence-corrected chi connectivity index (χ0v) is 12.0. The summed E-state index contributed by atoms with van der Waals surface area (Å²) in [6.45, 7) is 1.93. The number of nitrogen functional groups attached to an aromatic ring is 1. The summed E-state index contributed by atoms with van der Waals surface area (Å²) in [5, 5.41) is 7.63. The lowest BCUT2D eigenvalue weighted by atomic mass is 10.2. The van der Waals surface area contributed by atoms with Crippen LogP contribution in [0.5, 0.6) is 11.5 Å². The van der Waals surface area contributed by atoms with Crippen molar-refractivity contribution in [3.63, 3.8) is 0 Å². The number of carbonyl (C=O) groups excluding carboxylic acids is 1. The molecular weight excluding hydrogens is 276 g/mol. The Labute approximate surface area is 121 Å². The van der Waals surface area contributed by atoms with E-state index in [4.69, 9.17) is 19.9 Å². The molecule has 0 spiro atoms. The molecule has 0 aliphatic carbocycles. The molecule has 2 aromatic rings. The summed E-state index contributed by atoms with van der Waals surface area (Å²) in [5.74, 6) is 0.576. The highest BCUT2D eigenvalue weighted by Crippen LogP contribution is 2.29. The lowest BCUT2D eigenvalue weighted by molar-refractivity contribution is 0.0520. The van der Waals surface area contributed by atoms with Crippen LogP contribution in [0, 0.1) is 0 Å². The molecule has 0 aliphatic rings. The molecule has 0 amide bonds.